The Labute approximate surface area is 110 Å². The number of hydrogen-bond donors (Lipinski definition) is 0. The number of hydrogen-bond acceptors (Lipinski definition) is 3. The topological polar surface area (TPSA) is 51.2 Å². The smallest absolute Gasteiger partial charge is 0.155 e. The van der Waals surface area contributed by atoms with Crippen molar-refractivity contribution in [2.24, 2.45) is 5.41 Å². The fraction of sp³-hybridized carbons (Fsp3) is 0.786. The van der Waals surface area contributed by atoms with Gasteiger partial charge < -0.3 is 0 Å². The maximum Gasteiger partial charge on any atom is 0.155 e. The van der Waals surface area contributed by atoms with Gasteiger partial charge in [-0.1, -0.05) is 25.8 Å². The minimum atomic E-state index is -3.04. The number of rotatable bonds is 3. The van der Waals surface area contributed by atoms with E-state index in [1.807, 2.05) is 0 Å². The van der Waals surface area contributed by atoms with E-state index in [1.54, 1.807) is 0 Å². The molecule has 1 saturated heterocycles. The minimum Gasteiger partial charge on any atom is -0.295 e. The summed E-state index contributed by atoms with van der Waals surface area (Å²) in [4.78, 5) is 11.7. The van der Waals surface area contributed by atoms with Crippen molar-refractivity contribution >= 4 is 15.6 Å². The number of sulfone groups is 1. The van der Waals surface area contributed by atoms with Gasteiger partial charge in [-0.3, -0.25) is 4.79 Å². The first-order valence-electron chi connectivity index (χ1n) is 6.82. The van der Waals surface area contributed by atoms with Gasteiger partial charge in [0.05, 0.1) is 11.0 Å². The normalized spacial score (nSPS) is 29.9. The summed E-state index contributed by atoms with van der Waals surface area (Å²) in [6.45, 7) is 5.46. The first-order valence-corrected chi connectivity index (χ1v) is 8.53. The molecule has 1 atom stereocenters. The zero-order chi connectivity index (χ0) is 13.4. The van der Waals surface area contributed by atoms with Crippen LogP contribution in [0.3, 0.4) is 0 Å². The summed E-state index contributed by atoms with van der Waals surface area (Å²) >= 11 is 0. The van der Waals surface area contributed by atoms with Crippen molar-refractivity contribution in [1.82, 2.24) is 0 Å². The second-order valence-electron chi connectivity index (χ2n) is 5.75. The largest absolute Gasteiger partial charge is 0.295 e. The second-order valence-corrected chi connectivity index (χ2v) is 8.05. The van der Waals surface area contributed by atoms with Crippen LogP contribution in [0.1, 0.15) is 51.9 Å². The number of carbonyl (C=O) groups excluding carboxylic acids is 1. The molecule has 3 nitrogen and oxygen atoms in total. The third kappa shape index (κ3) is 2.15. The van der Waals surface area contributed by atoms with E-state index in [4.69, 9.17) is 0 Å². The number of allylic oxidation sites excluding steroid dienone is 1. The van der Waals surface area contributed by atoms with Crippen molar-refractivity contribution in [3.8, 4) is 0 Å². The highest BCUT2D eigenvalue weighted by molar-refractivity contribution is 7.92. The summed E-state index contributed by atoms with van der Waals surface area (Å²) in [6, 6.07) is 0. The van der Waals surface area contributed by atoms with Crippen LogP contribution in [0.4, 0.5) is 0 Å². The van der Waals surface area contributed by atoms with Crippen molar-refractivity contribution in [1.29, 1.82) is 0 Å². The van der Waals surface area contributed by atoms with E-state index < -0.39 is 15.3 Å². The number of ketones is 1. The van der Waals surface area contributed by atoms with Crippen LogP contribution in [0.5, 0.6) is 0 Å². The molecule has 1 heterocycles. The molecule has 2 fully saturated rings. The van der Waals surface area contributed by atoms with Crippen molar-refractivity contribution in [3.05, 3.63) is 12.2 Å². The molecule has 0 unspecified atom stereocenters. The van der Waals surface area contributed by atoms with Crippen LogP contribution in [0.2, 0.25) is 0 Å². The van der Waals surface area contributed by atoms with E-state index in [2.05, 4.69) is 6.58 Å². The maximum atomic E-state index is 12.2. The molecule has 0 aromatic rings. The first-order chi connectivity index (χ1) is 8.40. The SMILES string of the molecule is C=C(C(C)=O)C1([C@@H]2CCCS2(=O)=O)CCCCC1. The molecule has 18 heavy (non-hydrogen) atoms. The van der Waals surface area contributed by atoms with Crippen molar-refractivity contribution < 1.29 is 13.2 Å². The lowest BCUT2D eigenvalue weighted by Gasteiger charge is -2.42. The second kappa shape index (κ2) is 4.80. The summed E-state index contributed by atoms with van der Waals surface area (Å²) < 4.78 is 24.5. The average molecular weight is 270 g/mol. The molecule has 1 aliphatic heterocycles. The lowest BCUT2D eigenvalue weighted by molar-refractivity contribution is -0.115. The van der Waals surface area contributed by atoms with E-state index >= 15 is 0 Å². The molecule has 4 heteroatoms. The molecule has 0 aromatic carbocycles. The van der Waals surface area contributed by atoms with E-state index in [0.29, 0.717) is 12.0 Å². The molecular weight excluding hydrogens is 248 g/mol. The van der Waals surface area contributed by atoms with E-state index in [0.717, 1.165) is 38.5 Å². The molecule has 1 aliphatic carbocycles. The monoisotopic (exact) mass is 270 g/mol. The Bertz CT molecular complexity index is 455. The Morgan fingerprint density at radius 1 is 1.17 bits per heavy atom. The van der Waals surface area contributed by atoms with Gasteiger partial charge in [0.2, 0.25) is 0 Å². The number of carbonyl (C=O) groups is 1. The molecule has 0 amide bonds. The standard InChI is InChI=1S/C14H22O3S/c1-11(12(2)15)14(8-4-3-5-9-14)13-7-6-10-18(13,16)17/h13H,1,3-10H2,2H3/t13-/m0/s1. The van der Waals surface area contributed by atoms with Crippen LogP contribution in [-0.2, 0) is 14.6 Å². The van der Waals surface area contributed by atoms with Crippen LogP contribution in [0.15, 0.2) is 12.2 Å². The van der Waals surface area contributed by atoms with Gasteiger partial charge in [-0.15, -0.1) is 0 Å². The fourth-order valence-corrected chi connectivity index (χ4v) is 6.21. The van der Waals surface area contributed by atoms with Crippen molar-refractivity contribution in [2.45, 2.75) is 57.1 Å². The third-order valence-electron chi connectivity index (χ3n) is 4.72. The zero-order valence-electron chi connectivity index (χ0n) is 11.1. The summed E-state index contributed by atoms with van der Waals surface area (Å²) in [5.74, 6) is 0.240. The molecule has 102 valence electrons. The van der Waals surface area contributed by atoms with Crippen molar-refractivity contribution in [2.75, 3.05) is 5.75 Å². The van der Waals surface area contributed by atoms with Crippen molar-refractivity contribution in [3.63, 3.8) is 0 Å². The quantitative estimate of drug-likeness (QED) is 0.741. The molecule has 0 bridgehead atoms. The van der Waals surface area contributed by atoms with Crippen LogP contribution in [0, 0.1) is 5.41 Å². The maximum absolute atomic E-state index is 12.2. The predicted molar refractivity (Wildman–Crippen MR) is 72.1 cm³/mol. The molecular formula is C14H22O3S. The Morgan fingerprint density at radius 3 is 2.22 bits per heavy atom. The van der Waals surface area contributed by atoms with Gasteiger partial charge in [-0.2, -0.15) is 0 Å². The lowest BCUT2D eigenvalue weighted by Crippen LogP contribution is -2.43. The van der Waals surface area contributed by atoms with Gasteiger partial charge in [0.15, 0.2) is 15.6 Å². The minimum absolute atomic E-state index is 0.0426. The fourth-order valence-electron chi connectivity index (χ4n) is 3.76. The molecule has 2 rings (SSSR count). The van der Waals surface area contributed by atoms with Gasteiger partial charge in [-0.25, -0.2) is 8.42 Å². The highest BCUT2D eigenvalue weighted by Crippen LogP contribution is 2.50. The summed E-state index contributed by atoms with van der Waals surface area (Å²) in [5, 5.41) is -0.360. The Hall–Kier alpha value is -0.640. The third-order valence-corrected chi connectivity index (χ3v) is 7.13. The van der Waals surface area contributed by atoms with Crippen LogP contribution < -0.4 is 0 Å². The Morgan fingerprint density at radius 2 is 1.78 bits per heavy atom. The molecule has 2 aliphatic rings. The number of Topliss-reactive ketones (excluding diaryl/α,β-unsaturated/α-hetero) is 1. The molecule has 0 radical (unpaired) electrons. The van der Waals surface area contributed by atoms with Gasteiger partial charge in [0.25, 0.3) is 0 Å². The summed E-state index contributed by atoms with van der Waals surface area (Å²) in [7, 11) is -3.04. The van der Waals surface area contributed by atoms with Gasteiger partial charge in [-0.05, 0) is 38.2 Å². The lowest BCUT2D eigenvalue weighted by atomic mass is 9.65. The molecule has 0 N–H and O–H groups in total. The average Bonchev–Trinajstić information content (AvgIpc) is 2.69. The molecule has 1 saturated carbocycles. The first kappa shape index (κ1) is 13.8. The van der Waals surface area contributed by atoms with E-state index in [-0.39, 0.29) is 16.8 Å². The Balaban J connectivity index is 2.42. The Kier molecular flexibility index (Phi) is 3.67. The van der Waals surface area contributed by atoms with Gasteiger partial charge >= 0.3 is 0 Å². The predicted octanol–water partition coefficient (Wildman–Crippen LogP) is 2.66. The highest BCUT2D eigenvalue weighted by Gasteiger charge is 2.50. The summed E-state index contributed by atoms with van der Waals surface area (Å²) in [6.07, 6.45) is 6.23. The molecule has 0 aromatic heterocycles. The highest BCUT2D eigenvalue weighted by atomic mass is 32.2. The van der Waals surface area contributed by atoms with Gasteiger partial charge in [0.1, 0.15) is 0 Å². The van der Waals surface area contributed by atoms with Crippen LogP contribution in [0.25, 0.3) is 0 Å². The summed E-state index contributed by atoms with van der Waals surface area (Å²) in [5.41, 5.74) is 0.0945. The van der Waals surface area contributed by atoms with Crippen LogP contribution >= 0.6 is 0 Å². The molecule has 0 spiro atoms. The van der Waals surface area contributed by atoms with Crippen LogP contribution in [-0.4, -0.2) is 25.2 Å². The van der Waals surface area contributed by atoms with E-state index in [9.17, 15) is 13.2 Å². The van der Waals surface area contributed by atoms with Gasteiger partial charge in [0, 0.05) is 5.41 Å². The van der Waals surface area contributed by atoms with E-state index in [1.165, 1.54) is 6.92 Å². The zero-order valence-corrected chi connectivity index (χ0v) is 11.9.